The molecule has 1 fully saturated rings. The maximum absolute atomic E-state index is 12.3. The Bertz CT molecular complexity index is 640. The largest absolute Gasteiger partial charge is 0.492 e. The molecule has 1 atom stereocenters. The van der Waals surface area contributed by atoms with Crippen molar-refractivity contribution in [2.45, 2.75) is 59.1 Å². The molecule has 152 valence electrons. The number of rotatable bonds is 5. The van der Waals surface area contributed by atoms with Crippen molar-refractivity contribution >= 4 is 11.8 Å². The van der Waals surface area contributed by atoms with E-state index in [-0.39, 0.29) is 12.1 Å². The highest BCUT2D eigenvalue weighted by atomic mass is 16.6. The molecule has 6 nitrogen and oxygen atoms in total. The number of hydrogen-bond acceptors (Lipinski definition) is 5. The normalized spacial score (nSPS) is 18.6. The summed E-state index contributed by atoms with van der Waals surface area (Å²) in [4.78, 5) is 16.5. The van der Waals surface area contributed by atoms with Gasteiger partial charge in [0, 0.05) is 37.9 Å². The third-order valence-corrected chi connectivity index (χ3v) is 4.66. The molecular weight excluding hydrogens is 342 g/mol. The van der Waals surface area contributed by atoms with Crippen molar-refractivity contribution in [2.24, 2.45) is 0 Å². The first-order chi connectivity index (χ1) is 12.6. The van der Waals surface area contributed by atoms with Crippen LogP contribution in [0.3, 0.4) is 0 Å². The number of nitrogens with two attached hydrogens (primary N) is 1. The lowest BCUT2D eigenvalue weighted by Crippen LogP contribution is -2.55. The van der Waals surface area contributed by atoms with Gasteiger partial charge in [0.25, 0.3) is 0 Å². The molecule has 1 aliphatic heterocycles. The first kappa shape index (κ1) is 21.4. The van der Waals surface area contributed by atoms with E-state index in [0.29, 0.717) is 19.1 Å². The minimum absolute atomic E-state index is 0.122. The number of piperazine rings is 1. The number of hydrogen-bond donors (Lipinski definition) is 1. The van der Waals surface area contributed by atoms with Gasteiger partial charge in [0.1, 0.15) is 18.0 Å². The first-order valence-corrected chi connectivity index (χ1v) is 9.81. The van der Waals surface area contributed by atoms with Crippen molar-refractivity contribution in [2.75, 3.05) is 38.5 Å². The molecule has 1 unspecified atom stereocenters. The lowest BCUT2D eigenvalue weighted by Gasteiger charge is -2.40. The van der Waals surface area contributed by atoms with E-state index in [2.05, 4.69) is 25.7 Å². The standard InChI is InChI=1S/C21H35N3O3/c1-15(2)18-13-17(22)7-8-19(18)26-12-11-23-9-10-24(16(3)14-23)20(25)27-21(4,5)6/h7-8,13,15-16H,9-12,14,22H2,1-6H3. The summed E-state index contributed by atoms with van der Waals surface area (Å²) in [5.41, 5.74) is 7.33. The summed E-state index contributed by atoms with van der Waals surface area (Å²) in [6.07, 6.45) is -0.227. The molecule has 0 spiro atoms. The molecule has 1 aromatic carbocycles. The number of ether oxygens (including phenoxy) is 2. The minimum Gasteiger partial charge on any atom is -0.492 e. The molecule has 0 saturated carbocycles. The molecule has 2 rings (SSSR count). The third kappa shape index (κ3) is 6.31. The summed E-state index contributed by atoms with van der Waals surface area (Å²) >= 11 is 0. The van der Waals surface area contributed by atoms with Gasteiger partial charge in [0.15, 0.2) is 0 Å². The van der Waals surface area contributed by atoms with Crippen LogP contribution in [0.15, 0.2) is 18.2 Å². The van der Waals surface area contributed by atoms with Crippen molar-refractivity contribution in [3.63, 3.8) is 0 Å². The quantitative estimate of drug-likeness (QED) is 0.792. The van der Waals surface area contributed by atoms with Crippen LogP contribution in [-0.4, -0.2) is 60.3 Å². The summed E-state index contributed by atoms with van der Waals surface area (Å²) in [6.45, 7) is 15.8. The van der Waals surface area contributed by atoms with Crippen molar-refractivity contribution in [3.05, 3.63) is 23.8 Å². The van der Waals surface area contributed by atoms with Gasteiger partial charge < -0.3 is 20.1 Å². The van der Waals surface area contributed by atoms with E-state index in [4.69, 9.17) is 15.2 Å². The highest BCUT2D eigenvalue weighted by molar-refractivity contribution is 5.68. The van der Waals surface area contributed by atoms with Crippen molar-refractivity contribution in [1.82, 2.24) is 9.80 Å². The summed E-state index contributed by atoms with van der Waals surface area (Å²) in [5, 5.41) is 0. The molecule has 0 aromatic heterocycles. The fraction of sp³-hybridized carbons (Fsp3) is 0.667. The van der Waals surface area contributed by atoms with Gasteiger partial charge in [0.2, 0.25) is 0 Å². The van der Waals surface area contributed by atoms with Gasteiger partial charge >= 0.3 is 6.09 Å². The van der Waals surface area contributed by atoms with E-state index < -0.39 is 5.60 Å². The van der Waals surface area contributed by atoms with Gasteiger partial charge in [-0.1, -0.05) is 13.8 Å². The molecule has 1 amide bonds. The monoisotopic (exact) mass is 377 g/mol. The Balaban J connectivity index is 1.83. The Morgan fingerprint density at radius 1 is 1.30 bits per heavy atom. The Morgan fingerprint density at radius 2 is 2.00 bits per heavy atom. The highest BCUT2D eigenvalue weighted by Gasteiger charge is 2.30. The lowest BCUT2D eigenvalue weighted by molar-refractivity contribution is 0.000347. The average Bonchev–Trinajstić information content (AvgIpc) is 2.54. The van der Waals surface area contributed by atoms with Crippen molar-refractivity contribution in [3.8, 4) is 5.75 Å². The molecule has 0 bridgehead atoms. The maximum atomic E-state index is 12.3. The molecule has 0 radical (unpaired) electrons. The highest BCUT2D eigenvalue weighted by Crippen LogP contribution is 2.28. The van der Waals surface area contributed by atoms with Gasteiger partial charge in [-0.2, -0.15) is 0 Å². The van der Waals surface area contributed by atoms with Gasteiger partial charge in [0.05, 0.1) is 0 Å². The number of nitrogens with zero attached hydrogens (tertiary/aromatic N) is 2. The van der Waals surface area contributed by atoms with Gasteiger partial charge in [-0.25, -0.2) is 4.79 Å². The van der Waals surface area contributed by atoms with Gasteiger partial charge in [-0.05, 0) is 57.4 Å². The second-order valence-electron chi connectivity index (χ2n) is 8.62. The predicted molar refractivity (Wildman–Crippen MR) is 109 cm³/mol. The van der Waals surface area contributed by atoms with Crippen LogP contribution < -0.4 is 10.5 Å². The molecule has 27 heavy (non-hydrogen) atoms. The Hall–Kier alpha value is -1.95. The lowest BCUT2D eigenvalue weighted by atomic mass is 10.0. The number of carbonyl (C=O) groups is 1. The van der Waals surface area contributed by atoms with Crippen LogP contribution in [-0.2, 0) is 4.74 Å². The predicted octanol–water partition coefficient (Wildman–Crippen LogP) is 3.71. The van der Waals surface area contributed by atoms with Crippen LogP contribution in [0.1, 0.15) is 53.0 Å². The van der Waals surface area contributed by atoms with Gasteiger partial charge in [-0.3, -0.25) is 4.90 Å². The van der Waals surface area contributed by atoms with E-state index in [1.165, 1.54) is 0 Å². The molecule has 1 heterocycles. The zero-order chi connectivity index (χ0) is 20.2. The second kappa shape index (κ2) is 8.83. The van der Waals surface area contributed by atoms with Gasteiger partial charge in [-0.15, -0.1) is 0 Å². The van der Waals surface area contributed by atoms with Crippen LogP contribution in [0.25, 0.3) is 0 Å². The van der Waals surface area contributed by atoms with E-state index in [1.807, 2.05) is 43.9 Å². The number of benzene rings is 1. The summed E-state index contributed by atoms with van der Waals surface area (Å²) < 4.78 is 11.5. The van der Waals surface area contributed by atoms with Crippen molar-refractivity contribution < 1.29 is 14.3 Å². The van der Waals surface area contributed by atoms with Crippen LogP contribution in [0.2, 0.25) is 0 Å². The molecule has 0 aliphatic carbocycles. The fourth-order valence-corrected chi connectivity index (χ4v) is 3.26. The van der Waals surface area contributed by atoms with Crippen LogP contribution in [0.4, 0.5) is 10.5 Å². The molecule has 1 aromatic rings. The molecule has 6 heteroatoms. The summed E-state index contributed by atoms with van der Waals surface area (Å²) in [6, 6.07) is 5.94. The topological polar surface area (TPSA) is 68.0 Å². The number of amides is 1. The SMILES string of the molecule is CC(C)c1cc(N)ccc1OCCN1CCN(C(=O)OC(C)(C)C)C(C)C1. The molecular formula is C21H35N3O3. The third-order valence-electron chi connectivity index (χ3n) is 4.66. The molecule has 1 saturated heterocycles. The second-order valence-corrected chi connectivity index (χ2v) is 8.62. The molecule has 1 aliphatic rings. The Kier molecular flexibility index (Phi) is 6.98. The molecule has 2 N–H and O–H groups in total. The number of nitrogen functional groups attached to an aromatic ring is 1. The van der Waals surface area contributed by atoms with Crippen LogP contribution in [0.5, 0.6) is 5.75 Å². The van der Waals surface area contributed by atoms with E-state index >= 15 is 0 Å². The minimum atomic E-state index is -0.463. The van der Waals surface area contributed by atoms with E-state index in [0.717, 1.165) is 36.6 Å². The Morgan fingerprint density at radius 3 is 2.59 bits per heavy atom. The van der Waals surface area contributed by atoms with Crippen molar-refractivity contribution in [1.29, 1.82) is 0 Å². The van der Waals surface area contributed by atoms with E-state index in [1.54, 1.807) is 0 Å². The van der Waals surface area contributed by atoms with E-state index in [9.17, 15) is 4.79 Å². The Labute approximate surface area is 163 Å². The first-order valence-electron chi connectivity index (χ1n) is 9.81. The summed E-state index contributed by atoms with van der Waals surface area (Å²) in [7, 11) is 0. The fourth-order valence-electron chi connectivity index (χ4n) is 3.26. The van der Waals surface area contributed by atoms with Crippen LogP contribution in [0, 0.1) is 0 Å². The number of carbonyl (C=O) groups excluding carboxylic acids is 1. The van der Waals surface area contributed by atoms with Crippen LogP contribution >= 0.6 is 0 Å². The number of anilines is 1. The maximum Gasteiger partial charge on any atom is 0.410 e. The average molecular weight is 378 g/mol. The zero-order valence-electron chi connectivity index (χ0n) is 17.6. The zero-order valence-corrected chi connectivity index (χ0v) is 17.6. The smallest absolute Gasteiger partial charge is 0.410 e. The summed E-state index contributed by atoms with van der Waals surface area (Å²) in [5.74, 6) is 1.26.